The van der Waals surface area contributed by atoms with Gasteiger partial charge in [-0.3, -0.25) is 14.7 Å². The fourth-order valence-electron chi connectivity index (χ4n) is 3.84. The van der Waals surface area contributed by atoms with Crippen LogP contribution in [0.25, 0.3) is 10.9 Å². The van der Waals surface area contributed by atoms with E-state index in [1.165, 1.54) is 20.3 Å². The Hall–Kier alpha value is -3.33. The van der Waals surface area contributed by atoms with Crippen LogP contribution in [0.4, 0.5) is 5.69 Å². The molecule has 30 heavy (non-hydrogen) atoms. The molecule has 0 aliphatic heterocycles. The van der Waals surface area contributed by atoms with Gasteiger partial charge in [0.25, 0.3) is 0 Å². The summed E-state index contributed by atoms with van der Waals surface area (Å²) in [7, 11) is 2.93. The Morgan fingerprint density at radius 2 is 1.97 bits per heavy atom. The zero-order valence-electron chi connectivity index (χ0n) is 16.9. The van der Waals surface area contributed by atoms with Crippen LogP contribution >= 0.6 is 0 Å². The predicted molar refractivity (Wildman–Crippen MR) is 108 cm³/mol. The van der Waals surface area contributed by atoms with E-state index in [-0.39, 0.29) is 23.7 Å². The standard InChI is InChI=1S/C21H24N4O5/c1-29-19-11-16-13(12-24(23-16)14-6-8-15(26)9-7-14)10-17(19)22-21(27)18-4-3-5-20(30-2)25(18)28/h3-5,10-12,14-15,26H,6-9H2,1-2H3,(H-,22,27,28)/p+1. The van der Waals surface area contributed by atoms with Crippen molar-refractivity contribution in [3.63, 3.8) is 0 Å². The topological polar surface area (TPSA) is 110 Å². The molecular formula is C21H25N4O5+. The van der Waals surface area contributed by atoms with Gasteiger partial charge in [0.05, 0.1) is 48.4 Å². The van der Waals surface area contributed by atoms with E-state index < -0.39 is 5.91 Å². The van der Waals surface area contributed by atoms with Crippen LogP contribution in [-0.4, -0.2) is 46.3 Å². The lowest BCUT2D eigenvalue weighted by molar-refractivity contribution is -0.907. The zero-order chi connectivity index (χ0) is 21.3. The van der Waals surface area contributed by atoms with Gasteiger partial charge in [-0.25, -0.2) is 0 Å². The highest BCUT2D eigenvalue weighted by Crippen LogP contribution is 2.33. The molecule has 9 heteroatoms. The molecule has 0 spiro atoms. The maximum Gasteiger partial charge on any atom is 0.417 e. The molecule has 1 aliphatic rings. The van der Waals surface area contributed by atoms with Crippen LogP contribution in [0, 0.1) is 0 Å². The van der Waals surface area contributed by atoms with Crippen molar-refractivity contribution in [1.29, 1.82) is 0 Å². The number of hydrogen-bond acceptors (Lipinski definition) is 6. The second-order valence-corrected chi connectivity index (χ2v) is 7.40. The number of carbonyl (C=O) groups is 1. The second-order valence-electron chi connectivity index (χ2n) is 7.40. The van der Waals surface area contributed by atoms with Crippen LogP contribution in [0.3, 0.4) is 0 Å². The Morgan fingerprint density at radius 3 is 2.67 bits per heavy atom. The predicted octanol–water partition coefficient (Wildman–Crippen LogP) is 2.31. The van der Waals surface area contributed by atoms with Crippen molar-refractivity contribution in [2.24, 2.45) is 0 Å². The first kappa shape index (κ1) is 20.0. The van der Waals surface area contributed by atoms with Gasteiger partial charge in [-0.15, -0.1) is 0 Å². The Labute approximate surface area is 173 Å². The molecule has 1 amide bonds. The van der Waals surface area contributed by atoms with Crippen molar-refractivity contribution in [1.82, 2.24) is 9.78 Å². The number of anilines is 1. The Kier molecular flexibility index (Phi) is 5.45. The van der Waals surface area contributed by atoms with Crippen LogP contribution in [0.2, 0.25) is 0 Å². The van der Waals surface area contributed by atoms with Crippen LogP contribution in [0.5, 0.6) is 11.6 Å². The average Bonchev–Trinajstić information content (AvgIpc) is 3.16. The highest BCUT2D eigenvalue weighted by atomic mass is 16.5. The summed E-state index contributed by atoms with van der Waals surface area (Å²) in [5, 5.41) is 28.2. The van der Waals surface area contributed by atoms with Gasteiger partial charge in [0.1, 0.15) is 5.75 Å². The molecule has 0 saturated heterocycles. The number of nitrogens with one attached hydrogen (secondary N) is 1. The third-order valence-corrected chi connectivity index (χ3v) is 5.50. The Morgan fingerprint density at radius 1 is 1.20 bits per heavy atom. The van der Waals surface area contributed by atoms with E-state index in [4.69, 9.17) is 9.47 Å². The summed E-state index contributed by atoms with van der Waals surface area (Å²) in [6.45, 7) is 0. The molecule has 3 aromatic rings. The number of nitrogens with zero attached hydrogens (tertiary/aromatic N) is 3. The highest BCUT2D eigenvalue weighted by molar-refractivity contribution is 6.04. The molecule has 4 rings (SSSR count). The fourth-order valence-corrected chi connectivity index (χ4v) is 3.84. The fraction of sp³-hybridized carbons (Fsp3) is 0.381. The average molecular weight is 413 g/mol. The van der Waals surface area contributed by atoms with Crippen LogP contribution < -0.4 is 19.5 Å². The van der Waals surface area contributed by atoms with E-state index in [0.717, 1.165) is 36.6 Å². The number of aliphatic hydroxyl groups excluding tert-OH is 1. The number of methoxy groups -OCH3 is 2. The van der Waals surface area contributed by atoms with Gasteiger partial charge in [0.15, 0.2) is 0 Å². The minimum atomic E-state index is -0.511. The summed E-state index contributed by atoms with van der Waals surface area (Å²) in [6, 6.07) is 8.47. The smallest absolute Gasteiger partial charge is 0.417 e. The van der Waals surface area contributed by atoms with Crippen molar-refractivity contribution >= 4 is 22.5 Å². The number of carbonyl (C=O) groups excluding carboxylic acids is 1. The Balaban J connectivity index is 1.63. The Bertz CT molecular complexity index is 1070. The summed E-state index contributed by atoms with van der Waals surface area (Å²) in [6.07, 6.45) is 5.02. The van der Waals surface area contributed by atoms with Crippen molar-refractivity contribution in [3.8, 4) is 11.6 Å². The number of rotatable bonds is 5. The molecule has 2 heterocycles. The molecule has 1 saturated carbocycles. The molecule has 0 bridgehead atoms. The van der Waals surface area contributed by atoms with Crippen LogP contribution in [-0.2, 0) is 0 Å². The first-order valence-corrected chi connectivity index (χ1v) is 9.84. The normalized spacial score (nSPS) is 18.9. The number of benzene rings is 1. The zero-order valence-corrected chi connectivity index (χ0v) is 16.9. The molecule has 158 valence electrons. The van der Waals surface area contributed by atoms with Gasteiger partial charge >= 0.3 is 17.5 Å². The molecular weight excluding hydrogens is 388 g/mol. The summed E-state index contributed by atoms with van der Waals surface area (Å²) < 4.78 is 13.1. The lowest BCUT2D eigenvalue weighted by Crippen LogP contribution is -2.40. The SMILES string of the molecule is COc1cc2nn(C3CCC(O)CC3)cc2cc1NC(=O)c1cccc(OC)[n+]1O. The van der Waals surface area contributed by atoms with Gasteiger partial charge < -0.3 is 19.9 Å². The minimum absolute atomic E-state index is 0.0213. The molecule has 0 unspecified atom stereocenters. The number of ether oxygens (including phenoxy) is 2. The van der Waals surface area contributed by atoms with Crippen molar-refractivity contribution in [2.45, 2.75) is 37.8 Å². The van der Waals surface area contributed by atoms with Crippen molar-refractivity contribution < 1.29 is 29.3 Å². The van der Waals surface area contributed by atoms with Gasteiger partial charge in [0, 0.05) is 23.7 Å². The highest BCUT2D eigenvalue weighted by Gasteiger charge is 2.26. The van der Waals surface area contributed by atoms with E-state index in [2.05, 4.69) is 10.4 Å². The first-order chi connectivity index (χ1) is 14.5. The summed E-state index contributed by atoms with van der Waals surface area (Å²) in [4.78, 5) is 12.7. The molecule has 1 aliphatic carbocycles. The summed E-state index contributed by atoms with van der Waals surface area (Å²) in [5.74, 6) is 0.0965. The molecule has 2 aromatic heterocycles. The van der Waals surface area contributed by atoms with Gasteiger partial charge in [0.2, 0.25) is 0 Å². The van der Waals surface area contributed by atoms with E-state index >= 15 is 0 Å². The third kappa shape index (κ3) is 3.76. The number of pyridine rings is 1. The monoisotopic (exact) mass is 413 g/mol. The van der Waals surface area contributed by atoms with Crippen molar-refractivity contribution in [3.05, 3.63) is 42.2 Å². The molecule has 9 nitrogen and oxygen atoms in total. The number of aliphatic hydroxyl groups is 1. The molecule has 1 fully saturated rings. The molecule has 0 radical (unpaired) electrons. The maximum absolute atomic E-state index is 12.7. The van der Waals surface area contributed by atoms with Crippen LogP contribution in [0.15, 0.2) is 36.5 Å². The van der Waals surface area contributed by atoms with E-state index in [1.54, 1.807) is 24.3 Å². The van der Waals surface area contributed by atoms with E-state index in [0.29, 0.717) is 16.2 Å². The first-order valence-electron chi connectivity index (χ1n) is 9.84. The minimum Gasteiger partial charge on any atom is -0.494 e. The van der Waals surface area contributed by atoms with E-state index in [1.807, 2.05) is 10.9 Å². The van der Waals surface area contributed by atoms with Crippen molar-refractivity contribution in [2.75, 3.05) is 19.5 Å². The van der Waals surface area contributed by atoms with Gasteiger partial charge in [-0.2, -0.15) is 5.10 Å². The molecule has 0 atom stereocenters. The lowest BCUT2D eigenvalue weighted by atomic mass is 9.93. The second kappa shape index (κ2) is 8.19. The summed E-state index contributed by atoms with van der Waals surface area (Å²) in [5.41, 5.74) is 1.25. The van der Waals surface area contributed by atoms with Gasteiger partial charge in [-0.05, 0) is 37.8 Å². The van der Waals surface area contributed by atoms with Gasteiger partial charge in [-0.1, -0.05) is 0 Å². The lowest BCUT2D eigenvalue weighted by Gasteiger charge is -2.25. The van der Waals surface area contributed by atoms with Crippen LogP contribution in [0.1, 0.15) is 42.2 Å². The quantitative estimate of drug-likeness (QED) is 0.437. The number of aromatic nitrogens is 3. The molecule has 1 aromatic carbocycles. The maximum atomic E-state index is 12.7. The largest absolute Gasteiger partial charge is 0.494 e. The third-order valence-electron chi connectivity index (χ3n) is 5.50. The van der Waals surface area contributed by atoms with E-state index in [9.17, 15) is 15.1 Å². The number of amides is 1. The molecule has 3 N–H and O–H groups in total. The number of fused-ring (bicyclic) bond motifs is 1. The number of hydrogen-bond donors (Lipinski definition) is 3. The summed E-state index contributed by atoms with van der Waals surface area (Å²) >= 11 is 0.